The molecule has 0 aliphatic carbocycles. The molecule has 1 saturated heterocycles. The van der Waals surface area contributed by atoms with Crippen molar-refractivity contribution in [3.05, 3.63) is 57.7 Å². The number of hydrogen-bond acceptors (Lipinski definition) is 10. The van der Waals surface area contributed by atoms with E-state index in [-0.39, 0.29) is 56.2 Å². The summed E-state index contributed by atoms with van der Waals surface area (Å²) in [5.41, 5.74) is -6.35. The van der Waals surface area contributed by atoms with E-state index in [1.165, 1.54) is 21.3 Å². The highest BCUT2D eigenvalue weighted by Crippen LogP contribution is 2.33. The van der Waals surface area contributed by atoms with E-state index in [4.69, 9.17) is 13.3 Å². The molecule has 1 aliphatic rings. The quantitative estimate of drug-likeness (QED) is 0.0771. The third kappa shape index (κ3) is 8.64. The van der Waals surface area contributed by atoms with E-state index in [0.29, 0.717) is 0 Å². The Morgan fingerprint density at radius 3 is 1.42 bits per heavy atom. The lowest BCUT2D eigenvalue weighted by Gasteiger charge is -2.31. The largest absolute Gasteiger partial charge is 0.501 e. The van der Waals surface area contributed by atoms with Gasteiger partial charge in [0, 0.05) is 58.8 Å². The fraction of sp³-hybridized carbons (Fsp3) is 0.484. The molecular formula is C31H36F8N4O8Si. The van der Waals surface area contributed by atoms with Gasteiger partial charge in [-0.25, -0.2) is 39.9 Å². The van der Waals surface area contributed by atoms with Gasteiger partial charge in [-0.15, -0.1) is 5.06 Å². The van der Waals surface area contributed by atoms with Crippen LogP contribution >= 0.6 is 0 Å². The number of rotatable bonds is 18. The summed E-state index contributed by atoms with van der Waals surface area (Å²) >= 11 is 0. The molecule has 0 aromatic heterocycles. The first-order valence-corrected chi connectivity index (χ1v) is 17.7. The molecule has 12 nitrogen and oxygen atoms in total. The summed E-state index contributed by atoms with van der Waals surface area (Å²) in [6.07, 6.45) is -0.626. The first kappa shape index (κ1) is 42.1. The number of imide groups is 1. The molecule has 1 heterocycles. The lowest BCUT2D eigenvalue weighted by Crippen LogP contribution is -2.45. The molecule has 288 valence electrons. The third-order valence-electron chi connectivity index (χ3n) is 8.13. The van der Waals surface area contributed by atoms with Gasteiger partial charge in [-0.2, -0.15) is 0 Å². The van der Waals surface area contributed by atoms with Crippen LogP contribution in [0, 0.1) is 46.5 Å². The Morgan fingerprint density at radius 2 is 1.06 bits per heavy atom. The first-order chi connectivity index (χ1) is 24.5. The van der Waals surface area contributed by atoms with Crippen molar-refractivity contribution in [2.24, 2.45) is 0 Å². The summed E-state index contributed by atoms with van der Waals surface area (Å²) in [5.74, 6) is -22.7. The molecule has 21 heteroatoms. The van der Waals surface area contributed by atoms with Gasteiger partial charge >= 0.3 is 14.8 Å². The molecular weight excluding hydrogens is 736 g/mol. The van der Waals surface area contributed by atoms with E-state index >= 15 is 35.1 Å². The molecule has 2 unspecified atom stereocenters. The average molecular weight is 773 g/mol. The maximum absolute atomic E-state index is 15.4. The Bertz CT molecular complexity index is 1620. The number of nitrogens with one attached hydrogen (secondary N) is 3. The second kappa shape index (κ2) is 17.9. The molecule has 2 aromatic carbocycles. The molecule has 3 amide bonds. The lowest BCUT2D eigenvalue weighted by molar-refractivity contribution is -0.172. The van der Waals surface area contributed by atoms with Crippen LogP contribution in [0.5, 0.6) is 0 Å². The van der Waals surface area contributed by atoms with Crippen molar-refractivity contribution in [2.75, 3.05) is 38.5 Å². The fourth-order valence-electron chi connectivity index (χ4n) is 5.40. The van der Waals surface area contributed by atoms with Crippen molar-refractivity contribution >= 4 is 43.9 Å². The normalized spacial score (nSPS) is 14.4. The molecule has 1 aliphatic heterocycles. The van der Waals surface area contributed by atoms with Crippen LogP contribution < -0.4 is 16.0 Å². The minimum atomic E-state index is -3.25. The van der Waals surface area contributed by atoms with Crippen LogP contribution in [0.2, 0.25) is 6.04 Å². The predicted molar refractivity (Wildman–Crippen MR) is 168 cm³/mol. The number of hydroxylamine groups is 2. The van der Waals surface area contributed by atoms with Crippen LogP contribution in [0.3, 0.4) is 0 Å². The molecule has 0 bridgehead atoms. The Kier molecular flexibility index (Phi) is 14.5. The average Bonchev–Trinajstić information content (AvgIpc) is 3.43. The number of hydrogen-bond donors (Lipinski definition) is 3. The summed E-state index contributed by atoms with van der Waals surface area (Å²) in [7, 11) is 0.565. The van der Waals surface area contributed by atoms with E-state index in [1.807, 2.05) is 0 Å². The summed E-state index contributed by atoms with van der Waals surface area (Å²) in [6, 6.07) is -2.78. The zero-order valence-electron chi connectivity index (χ0n) is 28.5. The van der Waals surface area contributed by atoms with Crippen LogP contribution in [-0.2, 0) is 27.7 Å². The number of anilines is 2. The number of carbonyl (C=O) groups excluding carboxylic acids is 4. The SMILES string of the molecule is CCCC(Nc1c(F)c(F)c(C(=O)NCC[Si](OC)(OC)OC)c(F)c1F)C(CCC)Nc1c(F)c(F)c(C(=O)ON2C(=O)CCC2=O)c(F)c1F. The van der Waals surface area contributed by atoms with Crippen molar-refractivity contribution in [1.29, 1.82) is 0 Å². The van der Waals surface area contributed by atoms with Crippen LogP contribution in [0.15, 0.2) is 0 Å². The van der Waals surface area contributed by atoms with Gasteiger partial charge in [0.2, 0.25) is 0 Å². The van der Waals surface area contributed by atoms with Gasteiger partial charge in [-0.05, 0) is 12.8 Å². The second-order valence-corrected chi connectivity index (χ2v) is 14.4. The highest BCUT2D eigenvalue weighted by Gasteiger charge is 2.40. The highest BCUT2D eigenvalue weighted by atomic mass is 28.4. The smallest absolute Gasteiger partial charge is 0.377 e. The number of benzene rings is 2. The van der Waals surface area contributed by atoms with Crippen molar-refractivity contribution < 1.29 is 72.4 Å². The first-order valence-electron chi connectivity index (χ1n) is 15.8. The van der Waals surface area contributed by atoms with Crippen molar-refractivity contribution in [3.63, 3.8) is 0 Å². The molecule has 0 saturated carbocycles. The van der Waals surface area contributed by atoms with Gasteiger partial charge in [-0.1, -0.05) is 26.7 Å². The van der Waals surface area contributed by atoms with Crippen LogP contribution in [-0.4, -0.2) is 77.5 Å². The Balaban J connectivity index is 1.94. The van der Waals surface area contributed by atoms with Crippen LogP contribution in [0.1, 0.15) is 73.1 Å². The van der Waals surface area contributed by atoms with Gasteiger partial charge < -0.3 is 34.1 Å². The minimum Gasteiger partial charge on any atom is -0.377 e. The van der Waals surface area contributed by atoms with Crippen LogP contribution in [0.25, 0.3) is 0 Å². The zero-order valence-corrected chi connectivity index (χ0v) is 29.5. The summed E-state index contributed by atoms with van der Waals surface area (Å²) in [6.45, 7) is 2.81. The summed E-state index contributed by atoms with van der Waals surface area (Å²) in [5, 5.41) is 6.49. The number of halogens is 8. The molecule has 0 radical (unpaired) electrons. The van der Waals surface area contributed by atoms with Gasteiger partial charge in [0.25, 0.3) is 17.7 Å². The topological polar surface area (TPSA) is 145 Å². The number of nitrogens with zero attached hydrogens (tertiary/aromatic N) is 1. The molecule has 3 rings (SSSR count). The number of carbonyl (C=O) groups is 4. The minimum absolute atomic E-state index is 0.0803. The monoisotopic (exact) mass is 772 g/mol. The maximum Gasteiger partial charge on any atom is 0.501 e. The zero-order chi connectivity index (χ0) is 39.1. The molecule has 0 spiro atoms. The van der Waals surface area contributed by atoms with E-state index in [2.05, 4.69) is 20.8 Å². The molecule has 2 atom stereocenters. The third-order valence-corrected chi connectivity index (χ3v) is 10.9. The van der Waals surface area contributed by atoms with Gasteiger partial charge in [0.1, 0.15) is 22.5 Å². The lowest BCUT2D eigenvalue weighted by atomic mass is 9.97. The molecule has 3 N–H and O–H groups in total. The Hall–Kier alpha value is -4.34. The Morgan fingerprint density at radius 1 is 0.673 bits per heavy atom. The highest BCUT2D eigenvalue weighted by molar-refractivity contribution is 6.60. The van der Waals surface area contributed by atoms with Crippen molar-refractivity contribution in [3.8, 4) is 0 Å². The summed E-state index contributed by atoms with van der Waals surface area (Å²) in [4.78, 5) is 52.8. The Labute approximate surface area is 293 Å². The summed E-state index contributed by atoms with van der Waals surface area (Å²) < 4.78 is 137. The van der Waals surface area contributed by atoms with Gasteiger partial charge in [-0.3, -0.25) is 14.4 Å². The van der Waals surface area contributed by atoms with E-state index < -0.39 is 114 Å². The molecule has 1 fully saturated rings. The molecule has 2 aromatic rings. The van der Waals surface area contributed by atoms with E-state index in [9.17, 15) is 19.2 Å². The fourth-order valence-corrected chi connectivity index (χ4v) is 6.94. The van der Waals surface area contributed by atoms with Gasteiger partial charge in [0.15, 0.2) is 46.5 Å². The standard InChI is InChI=1S/C31H36F8N4O8Si/c1-6-8-14(41-28-24(36)20(32)18(21(33)25(28)37)30(46)40-12-13-52(48-3,49-4)50-5)15(9-7-2)42-29-26(38)22(34)19(23(35)27(29)39)31(47)51-43-16(44)10-11-17(43)45/h14-15,41-42H,6-13H2,1-5H3,(H,40,46). The van der Waals surface area contributed by atoms with E-state index in [0.717, 1.165) is 0 Å². The number of amides is 3. The van der Waals surface area contributed by atoms with Crippen molar-refractivity contribution in [2.45, 2.75) is 70.5 Å². The molecule has 52 heavy (non-hydrogen) atoms. The van der Waals surface area contributed by atoms with Crippen molar-refractivity contribution in [1.82, 2.24) is 10.4 Å². The van der Waals surface area contributed by atoms with Gasteiger partial charge in [0.05, 0.1) is 0 Å². The van der Waals surface area contributed by atoms with Crippen LogP contribution in [0.4, 0.5) is 46.5 Å². The second-order valence-electron chi connectivity index (χ2n) is 11.4. The maximum atomic E-state index is 15.4. The predicted octanol–water partition coefficient (Wildman–Crippen LogP) is 5.49. The van der Waals surface area contributed by atoms with E-state index in [1.54, 1.807) is 13.8 Å².